The van der Waals surface area contributed by atoms with Crippen LogP contribution in [-0.4, -0.2) is 28.0 Å². The Kier molecular flexibility index (Phi) is 3.56. The molecule has 5 nitrogen and oxygen atoms in total. The maximum atomic E-state index is 11.4. The predicted molar refractivity (Wildman–Crippen MR) is 72.7 cm³/mol. The van der Waals surface area contributed by atoms with E-state index in [-0.39, 0.29) is 11.2 Å². The zero-order chi connectivity index (χ0) is 13.2. The van der Waals surface area contributed by atoms with Gasteiger partial charge in [0.15, 0.2) is 0 Å². The summed E-state index contributed by atoms with van der Waals surface area (Å²) in [6.45, 7) is 0.460. The summed E-state index contributed by atoms with van der Waals surface area (Å²) in [5, 5.41) is 8.08. The summed E-state index contributed by atoms with van der Waals surface area (Å²) in [5.74, 6) is 0.215. The Morgan fingerprint density at radius 2 is 2.16 bits per heavy atom. The fourth-order valence-electron chi connectivity index (χ4n) is 1.71. The van der Waals surface area contributed by atoms with E-state index in [4.69, 9.17) is 9.15 Å². The number of nitrogens with zero attached hydrogens (tertiary/aromatic N) is 2. The number of ether oxygens (including phenoxy) is 1. The van der Waals surface area contributed by atoms with Gasteiger partial charge in [-0.15, -0.1) is 10.2 Å². The molecule has 1 aromatic carbocycles. The summed E-state index contributed by atoms with van der Waals surface area (Å²) in [6, 6.07) is 7.59. The number of cyclic esters (lactones) is 1. The van der Waals surface area contributed by atoms with Crippen molar-refractivity contribution in [2.45, 2.75) is 16.9 Å². The van der Waals surface area contributed by atoms with Crippen LogP contribution in [0.25, 0.3) is 11.5 Å². The Labute approximate surface area is 121 Å². The lowest BCUT2D eigenvalue weighted by molar-refractivity contribution is -0.137. The molecule has 19 heavy (non-hydrogen) atoms. The van der Waals surface area contributed by atoms with Gasteiger partial charge in [-0.2, -0.15) is 0 Å². The molecule has 1 aliphatic rings. The maximum absolute atomic E-state index is 11.4. The first-order valence-corrected chi connectivity index (χ1v) is 7.33. The lowest BCUT2D eigenvalue weighted by atomic mass is 10.2. The van der Waals surface area contributed by atoms with Crippen LogP contribution in [0.4, 0.5) is 0 Å². The van der Waals surface area contributed by atoms with Crippen molar-refractivity contribution in [3.05, 3.63) is 28.7 Å². The number of hydrogen-bond donors (Lipinski definition) is 0. The molecule has 0 aliphatic carbocycles. The summed E-state index contributed by atoms with van der Waals surface area (Å²) >= 11 is 4.68. The number of aromatic nitrogens is 2. The number of thioether (sulfide) groups is 1. The highest BCUT2D eigenvalue weighted by molar-refractivity contribution is 9.10. The van der Waals surface area contributed by atoms with E-state index in [1.807, 2.05) is 24.3 Å². The molecule has 1 saturated heterocycles. The Morgan fingerprint density at radius 1 is 1.32 bits per heavy atom. The van der Waals surface area contributed by atoms with Gasteiger partial charge < -0.3 is 9.15 Å². The molecular formula is C12H9BrN2O3S. The lowest BCUT2D eigenvalue weighted by Crippen LogP contribution is -2.09. The third-order valence-corrected chi connectivity index (χ3v) is 4.41. The molecule has 7 heteroatoms. The number of hydrogen-bond acceptors (Lipinski definition) is 6. The number of rotatable bonds is 3. The Hall–Kier alpha value is -1.34. The molecule has 0 saturated carbocycles. The van der Waals surface area contributed by atoms with E-state index in [1.54, 1.807) is 0 Å². The van der Waals surface area contributed by atoms with Crippen molar-refractivity contribution in [3.63, 3.8) is 0 Å². The average Bonchev–Trinajstić information content (AvgIpc) is 3.01. The topological polar surface area (TPSA) is 65.2 Å². The molecule has 2 aromatic rings. The minimum atomic E-state index is -0.243. The molecule has 1 fully saturated rings. The molecule has 0 radical (unpaired) electrons. The van der Waals surface area contributed by atoms with Crippen LogP contribution < -0.4 is 0 Å². The van der Waals surface area contributed by atoms with Gasteiger partial charge in [0.05, 0.1) is 12.2 Å². The Morgan fingerprint density at radius 3 is 2.89 bits per heavy atom. The Balaban J connectivity index is 1.80. The average molecular weight is 341 g/mol. The molecule has 1 atom stereocenters. The van der Waals surface area contributed by atoms with Gasteiger partial charge in [0, 0.05) is 10.9 Å². The van der Waals surface area contributed by atoms with Crippen molar-refractivity contribution in [1.82, 2.24) is 10.2 Å². The normalized spacial score (nSPS) is 18.6. The highest BCUT2D eigenvalue weighted by atomic mass is 79.9. The largest absolute Gasteiger partial charge is 0.465 e. The lowest BCUT2D eigenvalue weighted by Gasteiger charge is -1.99. The number of esters is 1. The summed E-state index contributed by atoms with van der Waals surface area (Å²) in [4.78, 5) is 11.4. The highest BCUT2D eigenvalue weighted by Crippen LogP contribution is 2.32. The number of carbonyl (C=O) groups excluding carboxylic acids is 1. The molecule has 1 aliphatic heterocycles. The first-order valence-electron chi connectivity index (χ1n) is 5.66. The molecule has 0 bridgehead atoms. The second-order valence-corrected chi connectivity index (χ2v) is 5.92. The third-order valence-electron chi connectivity index (χ3n) is 2.64. The van der Waals surface area contributed by atoms with Crippen LogP contribution in [0, 0.1) is 0 Å². The molecule has 0 spiro atoms. The van der Waals surface area contributed by atoms with Crippen molar-refractivity contribution in [2.75, 3.05) is 6.61 Å². The van der Waals surface area contributed by atoms with Gasteiger partial charge in [-0.25, -0.2) is 0 Å². The fraction of sp³-hybridized carbons (Fsp3) is 0.250. The molecule has 0 amide bonds. The van der Waals surface area contributed by atoms with Crippen molar-refractivity contribution in [1.29, 1.82) is 0 Å². The van der Waals surface area contributed by atoms with Gasteiger partial charge in [-0.1, -0.05) is 12.1 Å². The van der Waals surface area contributed by atoms with Crippen molar-refractivity contribution < 1.29 is 13.9 Å². The quantitative estimate of drug-likeness (QED) is 0.800. The summed E-state index contributed by atoms with van der Waals surface area (Å²) in [7, 11) is 0. The summed E-state index contributed by atoms with van der Waals surface area (Å²) in [5.41, 5.74) is 0.829. The van der Waals surface area contributed by atoms with E-state index >= 15 is 0 Å². The van der Waals surface area contributed by atoms with Gasteiger partial charge in [-0.3, -0.25) is 4.79 Å². The second kappa shape index (κ2) is 5.34. The van der Waals surface area contributed by atoms with Crippen molar-refractivity contribution in [2.24, 2.45) is 0 Å². The van der Waals surface area contributed by atoms with Crippen LogP contribution >= 0.6 is 27.7 Å². The Bertz CT molecular complexity index is 617. The van der Waals surface area contributed by atoms with Crippen LogP contribution in [-0.2, 0) is 9.53 Å². The molecule has 0 unspecified atom stereocenters. The minimum absolute atomic E-state index is 0.217. The molecular weight excluding hydrogens is 332 g/mol. The van der Waals surface area contributed by atoms with Gasteiger partial charge in [0.2, 0.25) is 5.89 Å². The SMILES string of the molecule is O=C1OCC[C@H]1Sc1nnc(-c2ccccc2Br)o1. The van der Waals surface area contributed by atoms with E-state index < -0.39 is 0 Å². The maximum Gasteiger partial charge on any atom is 0.319 e. The molecule has 0 N–H and O–H groups in total. The van der Waals surface area contributed by atoms with Crippen molar-refractivity contribution >= 4 is 33.7 Å². The molecule has 1 aromatic heterocycles. The number of benzene rings is 1. The summed E-state index contributed by atoms with van der Waals surface area (Å²) in [6.07, 6.45) is 0.677. The van der Waals surface area contributed by atoms with Gasteiger partial charge in [-0.05, 0) is 39.8 Å². The predicted octanol–water partition coefficient (Wildman–Crippen LogP) is 2.91. The van der Waals surface area contributed by atoms with E-state index in [1.165, 1.54) is 11.8 Å². The number of halogens is 1. The third kappa shape index (κ3) is 2.66. The molecule has 98 valence electrons. The number of carbonyl (C=O) groups is 1. The minimum Gasteiger partial charge on any atom is -0.465 e. The van der Waals surface area contributed by atoms with E-state index in [0.717, 1.165) is 10.0 Å². The van der Waals surface area contributed by atoms with Crippen LogP contribution in [0.5, 0.6) is 0 Å². The smallest absolute Gasteiger partial charge is 0.319 e. The summed E-state index contributed by atoms with van der Waals surface area (Å²) < 4.78 is 11.3. The van der Waals surface area contributed by atoms with E-state index in [0.29, 0.717) is 24.1 Å². The van der Waals surface area contributed by atoms with Gasteiger partial charge >= 0.3 is 5.97 Å². The monoisotopic (exact) mass is 340 g/mol. The fourth-order valence-corrected chi connectivity index (χ4v) is 3.00. The highest BCUT2D eigenvalue weighted by Gasteiger charge is 2.29. The first kappa shape index (κ1) is 12.7. The van der Waals surface area contributed by atoms with Crippen LogP contribution in [0.1, 0.15) is 6.42 Å². The second-order valence-electron chi connectivity index (χ2n) is 3.92. The zero-order valence-corrected chi connectivity index (χ0v) is 12.1. The van der Waals surface area contributed by atoms with Crippen molar-refractivity contribution in [3.8, 4) is 11.5 Å². The van der Waals surface area contributed by atoms with Gasteiger partial charge in [0.25, 0.3) is 5.22 Å². The van der Waals surface area contributed by atoms with E-state index in [2.05, 4.69) is 26.1 Å². The van der Waals surface area contributed by atoms with Crippen LogP contribution in [0.3, 0.4) is 0 Å². The first-order chi connectivity index (χ1) is 9.24. The molecule has 2 heterocycles. The zero-order valence-electron chi connectivity index (χ0n) is 9.71. The molecule has 3 rings (SSSR count). The standard InChI is InChI=1S/C12H9BrN2O3S/c13-8-4-2-1-3-7(8)10-14-15-12(18-10)19-9-5-6-17-11(9)16/h1-4,9H,5-6H2/t9-/m1/s1. The van der Waals surface area contributed by atoms with E-state index in [9.17, 15) is 4.79 Å². The van der Waals surface area contributed by atoms with Crippen LogP contribution in [0.2, 0.25) is 0 Å². The van der Waals surface area contributed by atoms with Crippen LogP contribution in [0.15, 0.2) is 38.4 Å². The van der Waals surface area contributed by atoms with Gasteiger partial charge in [0.1, 0.15) is 5.25 Å².